The van der Waals surface area contributed by atoms with E-state index in [1.165, 1.54) is 4.90 Å². The predicted octanol–water partition coefficient (Wildman–Crippen LogP) is 0.843. The highest BCUT2D eigenvalue weighted by Crippen LogP contribution is 2.31. The highest BCUT2D eigenvalue weighted by atomic mass is 16.5. The SMILES string of the molecule is CCCCCN1C(=O)C(O)(O)C(=O)Nc2ccccc21. The molecule has 20 heavy (non-hydrogen) atoms. The molecule has 0 spiro atoms. The van der Waals surface area contributed by atoms with E-state index in [1.807, 2.05) is 6.92 Å². The molecule has 0 atom stereocenters. The smallest absolute Gasteiger partial charge is 0.327 e. The van der Waals surface area contributed by atoms with Crippen LogP contribution in [0.25, 0.3) is 0 Å². The Morgan fingerprint density at radius 2 is 1.90 bits per heavy atom. The highest BCUT2D eigenvalue weighted by Gasteiger charge is 2.48. The van der Waals surface area contributed by atoms with Crippen molar-refractivity contribution in [2.45, 2.75) is 32.0 Å². The Hall–Kier alpha value is -1.92. The molecular formula is C14H18N2O4. The van der Waals surface area contributed by atoms with Crippen molar-refractivity contribution in [2.75, 3.05) is 16.8 Å². The van der Waals surface area contributed by atoms with E-state index in [-0.39, 0.29) is 0 Å². The lowest BCUT2D eigenvalue weighted by molar-refractivity contribution is -0.186. The number of amides is 2. The summed E-state index contributed by atoms with van der Waals surface area (Å²) in [7, 11) is 0. The van der Waals surface area contributed by atoms with Gasteiger partial charge in [-0.25, -0.2) is 0 Å². The molecular weight excluding hydrogens is 260 g/mol. The molecule has 1 heterocycles. The van der Waals surface area contributed by atoms with Crippen LogP contribution in [0.2, 0.25) is 0 Å². The number of carbonyl (C=O) groups excluding carboxylic acids is 2. The maximum Gasteiger partial charge on any atom is 0.327 e. The van der Waals surface area contributed by atoms with E-state index in [9.17, 15) is 19.8 Å². The first-order valence-electron chi connectivity index (χ1n) is 6.65. The third-order valence-corrected chi connectivity index (χ3v) is 3.29. The molecule has 1 aromatic rings. The number of carbonyl (C=O) groups is 2. The van der Waals surface area contributed by atoms with Gasteiger partial charge < -0.3 is 20.4 Å². The van der Waals surface area contributed by atoms with Crippen LogP contribution < -0.4 is 10.2 Å². The van der Waals surface area contributed by atoms with Crippen molar-refractivity contribution in [1.29, 1.82) is 0 Å². The normalized spacial score (nSPS) is 17.4. The third kappa shape index (κ3) is 2.52. The molecule has 108 valence electrons. The van der Waals surface area contributed by atoms with Crippen molar-refractivity contribution in [2.24, 2.45) is 0 Å². The molecule has 0 saturated carbocycles. The molecule has 6 heteroatoms. The van der Waals surface area contributed by atoms with Crippen LogP contribution in [0.1, 0.15) is 26.2 Å². The van der Waals surface area contributed by atoms with E-state index in [0.717, 1.165) is 19.3 Å². The van der Waals surface area contributed by atoms with Gasteiger partial charge in [0.2, 0.25) is 0 Å². The summed E-state index contributed by atoms with van der Waals surface area (Å²) in [5.74, 6) is -5.19. The number of para-hydroxylation sites is 2. The summed E-state index contributed by atoms with van der Waals surface area (Å²) in [5.41, 5.74) is 0.874. The Kier molecular flexibility index (Phi) is 4.06. The lowest BCUT2D eigenvalue weighted by Gasteiger charge is -2.25. The van der Waals surface area contributed by atoms with Crippen LogP contribution in [-0.4, -0.2) is 34.4 Å². The van der Waals surface area contributed by atoms with Crippen LogP contribution in [0.4, 0.5) is 11.4 Å². The predicted molar refractivity (Wildman–Crippen MR) is 74.1 cm³/mol. The van der Waals surface area contributed by atoms with E-state index in [2.05, 4.69) is 5.32 Å². The van der Waals surface area contributed by atoms with Gasteiger partial charge in [-0.3, -0.25) is 9.59 Å². The standard InChI is InChI=1S/C14H18N2O4/c1-2-3-6-9-16-11-8-5-4-7-10(11)15-12(17)14(19,20)13(16)18/h4-5,7-8,19-20H,2-3,6,9H2,1H3,(H,15,17). The van der Waals surface area contributed by atoms with E-state index in [0.29, 0.717) is 17.9 Å². The number of benzene rings is 1. The summed E-state index contributed by atoms with van der Waals surface area (Å²) in [5, 5.41) is 21.8. The second-order valence-corrected chi connectivity index (χ2v) is 4.81. The minimum absolute atomic E-state index is 0.335. The van der Waals surface area contributed by atoms with Gasteiger partial charge in [0, 0.05) is 6.54 Å². The quantitative estimate of drug-likeness (QED) is 0.432. The first kappa shape index (κ1) is 14.5. The Balaban J connectivity index is 2.39. The topological polar surface area (TPSA) is 89.9 Å². The summed E-state index contributed by atoms with van der Waals surface area (Å²) in [6, 6.07) is 6.72. The Labute approximate surface area is 117 Å². The van der Waals surface area contributed by atoms with E-state index < -0.39 is 17.6 Å². The number of unbranched alkanes of at least 4 members (excludes halogenated alkanes) is 2. The molecule has 0 unspecified atom stereocenters. The van der Waals surface area contributed by atoms with Gasteiger partial charge >= 0.3 is 5.79 Å². The maximum absolute atomic E-state index is 12.2. The Morgan fingerprint density at radius 3 is 2.60 bits per heavy atom. The average Bonchev–Trinajstić information content (AvgIpc) is 2.49. The molecule has 6 nitrogen and oxygen atoms in total. The van der Waals surface area contributed by atoms with Crippen molar-refractivity contribution >= 4 is 23.2 Å². The number of hydrogen-bond donors (Lipinski definition) is 3. The number of fused-ring (bicyclic) bond motifs is 1. The number of aliphatic hydroxyl groups is 2. The number of anilines is 2. The summed E-state index contributed by atoms with van der Waals surface area (Å²) < 4.78 is 0. The monoisotopic (exact) mass is 278 g/mol. The zero-order valence-corrected chi connectivity index (χ0v) is 11.3. The van der Waals surface area contributed by atoms with E-state index >= 15 is 0 Å². The average molecular weight is 278 g/mol. The Bertz CT molecular complexity index is 528. The summed E-state index contributed by atoms with van der Waals surface area (Å²) in [6.45, 7) is 2.37. The molecule has 0 aliphatic carbocycles. The van der Waals surface area contributed by atoms with Gasteiger partial charge in [0.25, 0.3) is 11.8 Å². The van der Waals surface area contributed by atoms with Crippen molar-refractivity contribution in [3.05, 3.63) is 24.3 Å². The van der Waals surface area contributed by atoms with Gasteiger partial charge in [-0.15, -0.1) is 0 Å². The largest absolute Gasteiger partial charge is 0.351 e. The zero-order valence-electron chi connectivity index (χ0n) is 11.3. The fourth-order valence-electron chi connectivity index (χ4n) is 2.16. The molecule has 0 aromatic heterocycles. The van der Waals surface area contributed by atoms with Crippen LogP contribution in [0.5, 0.6) is 0 Å². The number of hydrogen-bond acceptors (Lipinski definition) is 4. The summed E-state index contributed by atoms with van der Waals surface area (Å²) >= 11 is 0. The molecule has 0 fully saturated rings. The van der Waals surface area contributed by atoms with Gasteiger partial charge in [0.1, 0.15) is 0 Å². The third-order valence-electron chi connectivity index (χ3n) is 3.29. The van der Waals surface area contributed by atoms with Crippen molar-refractivity contribution < 1.29 is 19.8 Å². The van der Waals surface area contributed by atoms with Gasteiger partial charge in [0.15, 0.2) is 0 Å². The molecule has 0 radical (unpaired) electrons. The van der Waals surface area contributed by atoms with Crippen LogP contribution in [0.15, 0.2) is 24.3 Å². The second kappa shape index (κ2) is 5.60. The van der Waals surface area contributed by atoms with Crippen LogP contribution in [-0.2, 0) is 9.59 Å². The maximum atomic E-state index is 12.2. The minimum atomic E-state index is -3.04. The molecule has 0 bridgehead atoms. The first-order valence-corrected chi connectivity index (χ1v) is 6.65. The van der Waals surface area contributed by atoms with Gasteiger partial charge in [-0.2, -0.15) is 0 Å². The Morgan fingerprint density at radius 1 is 1.20 bits per heavy atom. The number of nitrogens with zero attached hydrogens (tertiary/aromatic N) is 1. The minimum Gasteiger partial charge on any atom is -0.351 e. The second-order valence-electron chi connectivity index (χ2n) is 4.81. The van der Waals surface area contributed by atoms with Crippen LogP contribution >= 0.6 is 0 Å². The zero-order chi connectivity index (χ0) is 14.8. The van der Waals surface area contributed by atoms with E-state index in [1.54, 1.807) is 24.3 Å². The van der Waals surface area contributed by atoms with Gasteiger partial charge in [0.05, 0.1) is 11.4 Å². The molecule has 1 aromatic carbocycles. The number of rotatable bonds is 4. The molecule has 0 saturated heterocycles. The van der Waals surface area contributed by atoms with Crippen LogP contribution in [0.3, 0.4) is 0 Å². The summed E-state index contributed by atoms with van der Waals surface area (Å²) in [4.78, 5) is 25.2. The number of nitrogens with one attached hydrogen (secondary N) is 1. The van der Waals surface area contributed by atoms with Crippen LogP contribution in [0, 0.1) is 0 Å². The lowest BCUT2D eigenvalue weighted by atomic mass is 10.2. The molecule has 2 rings (SSSR count). The molecule has 1 aliphatic rings. The fourth-order valence-corrected chi connectivity index (χ4v) is 2.16. The first-order chi connectivity index (χ1) is 9.48. The van der Waals surface area contributed by atoms with E-state index in [4.69, 9.17) is 0 Å². The van der Waals surface area contributed by atoms with Crippen molar-refractivity contribution in [1.82, 2.24) is 0 Å². The summed E-state index contributed by atoms with van der Waals surface area (Å²) in [6.07, 6.45) is 2.61. The molecule has 1 aliphatic heterocycles. The van der Waals surface area contributed by atoms with Gasteiger partial charge in [-0.1, -0.05) is 31.9 Å². The van der Waals surface area contributed by atoms with Crippen molar-refractivity contribution in [3.63, 3.8) is 0 Å². The molecule has 2 amide bonds. The highest BCUT2D eigenvalue weighted by molar-refractivity contribution is 6.20. The lowest BCUT2D eigenvalue weighted by Crippen LogP contribution is -2.55. The van der Waals surface area contributed by atoms with Crippen molar-refractivity contribution in [3.8, 4) is 0 Å². The fraction of sp³-hybridized carbons (Fsp3) is 0.429. The van der Waals surface area contributed by atoms with Gasteiger partial charge in [-0.05, 0) is 18.6 Å². The molecule has 3 N–H and O–H groups in total.